The lowest BCUT2D eigenvalue weighted by atomic mass is 10.2. The molecule has 0 aliphatic rings. The molecule has 0 bridgehead atoms. The molecule has 1 aromatic carbocycles. The van der Waals surface area contributed by atoms with E-state index in [-0.39, 0.29) is 32.2 Å². The Balaban J connectivity index is 2.23. The van der Waals surface area contributed by atoms with Crippen molar-refractivity contribution in [3.63, 3.8) is 0 Å². The van der Waals surface area contributed by atoms with Gasteiger partial charge in [-0.25, -0.2) is 4.39 Å². The highest BCUT2D eigenvalue weighted by Crippen LogP contribution is 2.11. The predicted octanol–water partition coefficient (Wildman–Crippen LogP) is 1.52. The zero-order valence-electron chi connectivity index (χ0n) is 15.5. The average Bonchev–Trinajstić information content (AvgIpc) is 2.69. The molecule has 6 nitrogen and oxygen atoms in total. The molecule has 1 rings (SSSR count). The summed E-state index contributed by atoms with van der Waals surface area (Å²) in [6.45, 7) is -0.0380. The molecule has 28 heavy (non-hydrogen) atoms. The summed E-state index contributed by atoms with van der Waals surface area (Å²) in [4.78, 5) is 0. The number of ether oxygens (including phenoxy) is 2. The number of hydrogen-bond acceptors (Lipinski definition) is 6. The highest BCUT2D eigenvalue weighted by molar-refractivity contribution is 5.22. The van der Waals surface area contributed by atoms with Crippen LogP contribution in [0.2, 0.25) is 0 Å². The molecule has 0 aromatic heterocycles. The van der Waals surface area contributed by atoms with Gasteiger partial charge in [-0.05, 0) is 24.3 Å². The first kappa shape index (κ1) is 23.7. The third-order valence-corrected chi connectivity index (χ3v) is 3.35. The minimum absolute atomic E-state index is 0.0524. The third kappa shape index (κ3) is 11.4. The summed E-state index contributed by atoms with van der Waals surface area (Å²) in [5, 5.41) is 37.6. The molecule has 154 valence electrons. The second-order valence-corrected chi connectivity index (χ2v) is 5.73. The second-order valence-electron chi connectivity index (χ2n) is 5.73. The summed E-state index contributed by atoms with van der Waals surface area (Å²) in [6.07, 6.45) is 10.1. The van der Waals surface area contributed by atoms with E-state index in [4.69, 9.17) is 14.6 Å². The van der Waals surface area contributed by atoms with Gasteiger partial charge in [-0.15, -0.1) is 0 Å². The van der Waals surface area contributed by atoms with Gasteiger partial charge in [-0.3, -0.25) is 0 Å². The van der Waals surface area contributed by atoms with Crippen molar-refractivity contribution in [1.29, 1.82) is 0 Å². The van der Waals surface area contributed by atoms with E-state index >= 15 is 0 Å². The van der Waals surface area contributed by atoms with E-state index in [0.717, 1.165) is 0 Å². The van der Waals surface area contributed by atoms with Crippen LogP contribution >= 0.6 is 0 Å². The number of benzene rings is 1. The van der Waals surface area contributed by atoms with E-state index in [0.29, 0.717) is 5.75 Å². The Hall–Kier alpha value is -2.29. The maximum Gasteiger partial charge on any atom is 0.123 e. The van der Waals surface area contributed by atoms with Crippen molar-refractivity contribution in [2.75, 3.05) is 26.4 Å². The van der Waals surface area contributed by atoms with Crippen LogP contribution in [0.1, 0.15) is 0 Å². The first-order valence-electron chi connectivity index (χ1n) is 8.82. The van der Waals surface area contributed by atoms with Gasteiger partial charge in [0.25, 0.3) is 0 Å². The van der Waals surface area contributed by atoms with Crippen LogP contribution in [0.4, 0.5) is 4.39 Å². The largest absolute Gasteiger partial charge is 0.491 e. The van der Waals surface area contributed by atoms with E-state index in [2.05, 4.69) is 0 Å². The van der Waals surface area contributed by atoms with Crippen molar-refractivity contribution in [3.05, 3.63) is 78.7 Å². The molecular weight excluding hydrogens is 367 g/mol. The molecule has 0 fully saturated rings. The molecular formula is C21H27FO6. The summed E-state index contributed by atoms with van der Waals surface area (Å²) in [5.74, 6) is 0.130. The fraction of sp³-hybridized carbons (Fsp3) is 0.333. The van der Waals surface area contributed by atoms with Gasteiger partial charge in [0.15, 0.2) is 0 Å². The van der Waals surface area contributed by atoms with Gasteiger partial charge in [0.05, 0.1) is 19.8 Å². The van der Waals surface area contributed by atoms with Crippen molar-refractivity contribution >= 4 is 0 Å². The van der Waals surface area contributed by atoms with Crippen molar-refractivity contribution in [2.45, 2.75) is 18.3 Å². The van der Waals surface area contributed by atoms with Crippen LogP contribution in [0.25, 0.3) is 0 Å². The van der Waals surface area contributed by atoms with E-state index in [1.54, 1.807) is 42.5 Å². The van der Waals surface area contributed by atoms with E-state index < -0.39 is 18.3 Å². The molecule has 0 unspecified atom stereocenters. The third-order valence-electron chi connectivity index (χ3n) is 3.35. The predicted molar refractivity (Wildman–Crippen MR) is 104 cm³/mol. The molecule has 0 saturated carbocycles. The normalized spacial score (nSPS) is 15.8. The Labute approximate surface area is 164 Å². The van der Waals surface area contributed by atoms with Crippen LogP contribution in [0.3, 0.4) is 0 Å². The highest BCUT2D eigenvalue weighted by atomic mass is 19.1. The maximum atomic E-state index is 12.8. The van der Waals surface area contributed by atoms with Gasteiger partial charge in [0.2, 0.25) is 0 Å². The smallest absolute Gasteiger partial charge is 0.123 e. The Bertz CT molecular complexity index is 639. The summed E-state index contributed by atoms with van der Waals surface area (Å²) in [7, 11) is 0. The van der Waals surface area contributed by atoms with Gasteiger partial charge in [0.1, 0.15) is 36.5 Å². The number of rotatable bonds is 13. The van der Waals surface area contributed by atoms with Crippen LogP contribution in [-0.4, -0.2) is 65.2 Å². The number of allylic oxidation sites excluding steroid dienone is 6. The first-order valence-corrected chi connectivity index (χ1v) is 8.82. The van der Waals surface area contributed by atoms with E-state index in [1.807, 2.05) is 0 Å². The number of aliphatic hydroxyl groups excluding tert-OH is 4. The lowest BCUT2D eigenvalue weighted by molar-refractivity contribution is -0.0266. The summed E-state index contributed by atoms with van der Waals surface area (Å²) in [5.41, 5.74) is 0. The Morgan fingerprint density at radius 1 is 0.857 bits per heavy atom. The quantitative estimate of drug-likeness (QED) is 0.299. The molecule has 0 radical (unpaired) electrons. The van der Waals surface area contributed by atoms with Crippen molar-refractivity contribution in [2.24, 2.45) is 0 Å². The van der Waals surface area contributed by atoms with Crippen LogP contribution in [-0.2, 0) is 4.74 Å². The molecule has 7 heteroatoms. The number of halogens is 1. The second kappa shape index (κ2) is 14.7. The van der Waals surface area contributed by atoms with Gasteiger partial charge in [0, 0.05) is 0 Å². The maximum absolute atomic E-state index is 12.8. The lowest BCUT2D eigenvalue weighted by Crippen LogP contribution is -2.29. The Kier molecular flexibility index (Phi) is 12.5. The van der Waals surface area contributed by atoms with Crippen LogP contribution in [0.15, 0.2) is 72.9 Å². The zero-order chi connectivity index (χ0) is 20.6. The topological polar surface area (TPSA) is 99.4 Å². The molecule has 0 aliphatic carbocycles. The van der Waals surface area contributed by atoms with Crippen LogP contribution < -0.4 is 4.74 Å². The summed E-state index contributed by atoms with van der Waals surface area (Å²) in [6, 6.07) is 5.54. The van der Waals surface area contributed by atoms with Gasteiger partial charge in [-0.1, -0.05) is 48.6 Å². The first-order chi connectivity index (χ1) is 13.5. The van der Waals surface area contributed by atoms with Gasteiger partial charge >= 0.3 is 0 Å². The molecule has 1 aromatic rings. The number of aliphatic hydroxyl groups is 4. The SMILES string of the molecule is OCCOC[C@H](O)[C@H](O)/C=C/C=C/C=C\C=C\[C@H](O)COc1ccc(F)cc1. The van der Waals surface area contributed by atoms with E-state index in [1.165, 1.54) is 30.3 Å². The monoisotopic (exact) mass is 394 g/mol. The lowest BCUT2D eigenvalue weighted by Gasteiger charge is -2.13. The van der Waals surface area contributed by atoms with Gasteiger partial charge in [-0.2, -0.15) is 0 Å². The van der Waals surface area contributed by atoms with E-state index in [9.17, 15) is 19.7 Å². The van der Waals surface area contributed by atoms with Crippen molar-refractivity contribution < 1.29 is 34.3 Å². The summed E-state index contributed by atoms with van der Waals surface area (Å²) < 4.78 is 23.0. The molecule has 0 aliphatic heterocycles. The Morgan fingerprint density at radius 3 is 2.11 bits per heavy atom. The zero-order valence-corrected chi connectivity index (χ0v) is 15.5. The highest BCUT2D eigenvalue weighted by Gasteiger charge is 2.12. The Morgan fingerprint density at radius 2 is 1.46 bits per heavy atom. The van der Waals surface area contributed by atoms with Gasteiger partial charge < -0.3 is 29.9 Å². The minimum atomic E-state index is -1.07. The molecule has 4 N–H and O–H groups in total. The standard InChI is InChI=1S/C21H27FO6/c22-17-9-11-19(12-10-17)28-15-18(24)7-5-3-1-2-4-6-8-20(25)21(26)16-27-14-13-23/h1-12,18,20-21,23-26H,13-16H2/b3-1-,4-2+,7-5+,8-6+/t18-,20+,21-/m0/s1. The van der Waals surface area contributed by atoms with Crippen LogP contribution in [0.5, 0.6) is 5.75 Å². The molecule has 0 amide bonds. The fourth-order valence-electron chi connectivity index (χ4n) is 1.89. The fourth-order valence-corrected chi connectivity index (χ4v) is 1.89. The number of hydrogen-bond donors (Lipinski definition) is 4. The molecule has 3 atom stereocenters. The van der Waals surface area contributed by atoms with Crippen molar-refractivity contribution in [1.82, 2.24) is 0 Å². The average molecular weight is 394 g/mol. The molecule has 0 heterocycles. The molecule has 0 spiro atoms. The summed E-state index contributed by atoms with van der Waals surface area (Å²) >= 11 is 0. The van der Waals surface area contributed by atoms with Crippen molar-refractivity contribution in [3.8, 4) is 5.75 Å². The van der Waals surface area contributed by atoms with Crippen LogP contribution in [0, 0.1) is 5.82 Å². The molecule has 0 saturated heterocycles. The minimum Gasteiger partial charge on any atom is -0.491 e.